The van der Waals surface area contributed by atoms with E-state index in [1.165, 1.54) is 12.1 Å². The second-order valence-electron chi connectivity index (χ2n) is 8.56. The minimum Gasteiger partial charge on any atom is -0.320 e. The summed E-state index contributed by atoms with van der Waals surface area (Å²) in [6, 6.07) is 21.6. The Bertz CT molecular complexity index is 1500. The third-order valence-corrected chi connectivity index (χ3v) is 7.28. The molecule has 2 aromatic heterocycles. The van der Waals surface area contributed by atoms with Crippen molar-refractivity contribution in [3.8, 4) is 11.3 Å². The Morgan fingerprint density at radius 1 is 1.11 bits per heavy atom. The van der Waals surface area contributed by atoms with E-state index in [1.54, 1.807) is 34.4 Å². The van der Waals surface area contributed by atoms with E-state index in [9.17, 15) is 9.18 Å². The Morgan fingerprint density at radius 3 is 2.64 bits per heavy atom. The van der Waals surface area contributed by atoms with Crippen LogP contribution in [0, 0.1) is 12.7 Å². The van der Waals surface area contributed by atoms with Crippen LogP contribution in [0.4, 0.5) is 14.9 Å². The van der Waals surface area contributed by atoms with Crippen molar-refractivity contribution in [2.45, 2.75) is 19.9 Å². The van der Waals surface area contributed by atoms with Crippen molar-refractivity contribution in [2.75, 3.05) is 11.9 Å². The van der Waals surface area contributed by atoms with E-state index < -0.39 is 0 Å². The van der Waals surface area contributed by atoms with Crippen molar-refractivity contribution in [3.63, 3.8) is 0 Å². The van der Waals surface area contributed by atoms with E-state index in [0.29, 0.717) is 30.2 Å². The molecule has 0 atom stereocenters. The highest BCUT2D eigenvalue weighted by Gasteiger charge is 2.17. The number of amides is 2. The van der Waals surface area contributed by atoms with Crippen LogP contribution in [-0.4, -0.2) is 26.9 Å². The highest BCUT2D eigenvalue weighted by atomic mass is 35.5. The van der Waals surface area contributed by atoms with E-state index in [-0.39, 0.29) is 11.8 Å². The fourth-order valence-electron chi connectivity index (χ4n) is 3.95. The van der Waals surface area contributed by atoms with Gasteiger partial charge in [0.25, 0.3) is 0 Å². The van der Waals surface area contributed by atoms with Gasteiger partial charge in [0, 0.05) is 53.1 Å². The number of aromatic nitrogens is 2. The van der Waals surface area contributed by atoms with Crippen LogP contribution >= 0.6 is 22.9 Å². The molecule has 0 aliphatic carbocycles. The molecule has 2 heterocycles. The summed E-state index contributed by atoms with van der Waals surface area (Å²) in [4.78, 5) is 20.6. The lowest BCUT2D eigenvalue weighted by atomic mass is 10.2. The lowest BCUT2D eigenvalue weighted by molar-refractivity contribution is 0.209. The molecule has 0 radical (unpaired) electrons. The molecule has 5 aromatic rings. The number of carbonyl (C=O) groups is 1. The molecule has 3 aromatic carbocycles. The summed E-state index contributed by atoms with van der Waals surface area (Å²) in [6.07, 6.45) is 2.61. The number of anilines is 1. The summed E-state index contributed by atoms with van der Waals surface area (Å²) in [5.74, 6) is -0.273. The normalized spacial score (nSPS) is 11.1. The molecule has 2 amide bonds. The number of carbonyl (C=O) groups excluding carboxylic acids is 1. The molecular weight excluding hydrogens is 495 g/mol. The Kier molecular flexibility index (Phi) is 7.02. The molecule has 0 unspecified atom stereocenters. The van der Waals surface area contributed by atoms with E-state index in [2.05, 4.69) is 15.7 Å². The second kappa shape index (κ2) is 10.5. The number of aryl methyl sites for hydroxylation is 1. The first-order valence-corrected chi connectivity index (χ1v) is 12.8. The first kappa shape index (κ1) is 24.0. The summed E-state index contributed by atoms with van der Waals surface area (Å²) in [5.41, 5.74) is 5.37. The number of hydrogen-bond donors (Lipinski definition) is 1. The highest BCUT2D eigenvalue weighted by Crippen LogP contribution is 2.25. The summed E-state index contributed by atoms with van der Waals surface area (Å²) < 4.78 is 15.4. The number of urea groups is 1. The smallest absolute Gasteiger partial charge is 0.320 e. The van der Waals surface area contributed by atoms with Crippen LogP contribution in [0.2, 0.25) is 5.02 Å². The van der Waals surface area contributed by atoms with Crippen LogP contribution in [0.5, 0.6) is 0 Å². The molecule has 0 spiro atoms. The van der Waals surface area contributed by atoms with Gasteiger partial charge in [-0.05, 0) is 54.4 Å². The van der Waals surface area contributed by atoms with Crippen molar-refractivity contribution in [3.05, 3.63) is 112 Å². The summed E-state index contributed by atoms with van der Waals surface area (Å²) >= 11 is 7.80. The molecule has 0 saturated carbocycles. The quantitative estimate of drug-likeness (QED) is 0.243. The van der Waals surface area contributed by atoms with Gasteiger partial charge in [0.1, 0.15) is 5.82 Å². The van der Waals surface area contributed by atoms with Gasteiger partial charge >= 0.3 is 6.03 Å². The molecule has 0 bridgehead atoms. The number of thiazole rings is 1. The maximum absolute atomic E-state index is 13.3. The monoisotopic (exact) mass is 518 g/mol. The van der Waals surface area contributed by atoms with Gasteiger partial charge < -0.3 is 10.2 Å². The van der Waals surface area contributed by atoms with Crippen molar-refractivity contribution >= 4 is 39.6 Å². The molecule has 5 nitrogen and oxygen atoms in total. The number of rotatable bonds is 7. The van der Waals surface area contributed by atoms with Crippen LogP contribution in [-0.2, 0) is 13.0 Å². The van der Waals surface area contributed by atoms with Gasteiger partial charge in [-0.15, -0.1) is 11.3 Å². The molecule has 8 heteroatoms. The number of imidazole rings is 1. The van der Waals surface area contributed by atoms with Crippen LogP contribution in [0.25, 0.3) is 16.2 Å². The first-order valence-electron chi connectivity index (χ1n) is 11.5. The first-order chi connectivity index (χ1) is 17.5. The van der Waals surface area contributed by atoms with Crippen LogP contribution in [0.1, 0.15) is 16.8 Å². The average molecular weight is 519 g/mol. The number of hydrogen-bond acceptors (Lipinski definition) is 3. The van der Waals surface area contributed by atoms with Crippen molar-refractivity contribution in [1.29, 1.82) is 0 Å². The number of benzene rings is 3. The molecular formula is C28H24ClFN4OS. The number of nitrogens with one attached hydrogen (secondary N) is 1. The third kappa shape index (κ3) is 5.42. The molecule has 5 rings (SSSR count). The van der Waals surface area contributed by atoms with Crippen LogP contribution in [0.3, 0.4) is 0 Å². The van der Waals surface area contributed by atoms with E-state index >= 15 is 0 Å². The summed E-state index contributed by atoms with van der Waals surface area (Å²) in [6.45, 7) is 2.91. The molecule has 0 aliphatic rings. The molecule has 182 valence electrons. The predicted octanol–water partition coefficient (Wildman–Crippen LogP) is 7.44. The van der Waals surface area contributed by atoms with Gasteiger partial charge in [-0.2, -0.15) is 0 Å². The SMILES string of the molecule is Cc1ccc(NC(=O)N(CCc2csc3nc(-c4ccc(F)cc4)cn23)Cc2ccccc2)cc1Cl. The molecule has 0 aliphatic heterocycles. The van der Waals surface area contributed by atoms with Gasteiger partial charge in [-0.25, -0.2) is 14.2 Å². The Balaban J connectivity index is 1.35. The minimum absolute atomic E-state index is 0.192. The molecule has 0 saturated heterocycles. The van der Waals surface area contributed by atoms with Gasteiger partial charge in [-0.3, -0.25) is 4.40 Å². The molecule has 36 heavy (non-hydrogen) atoms. The zero-order valence-corrected chi connectivity index (χ0v) is 21.2. The van der Waals surface area contributed by atoms with Gasteiger partial charge in [0.15, 0.2) is 4.96 Å². The zero-order valence-electron chi connectivity index (χ0n) is 19.6. The van der Waals surface area contributed by atoms with Gasteiger partial charge in [0.2, 0.25) is 0 Å². The zero-order chi connectivity index (χ0) is 25.1. The lowest BCUT2D eigenvalue weighted by Crippen LogP contribution is -2.36. The van der Waals surface area contributed by atoms with E-state index in [4.69, 9.17) is 11.6 Å². The van der Waals surface area contributed by atoms with Crippen LogP contribution in [0.15, 0.2) is 84.4 Å². The topological polar surface area (TPSA) is 49.6 Å². The highest BCUT2D eigenvalue weighted by molar-refractivity contribution is 7.15. The van der Waals surface area contributed by atoms with Gasteiger partial charge in [-0.1, -0.05) is 48.0 Å². The average Bonchev–Trinajstić information content (AvgIpc) is 3.46. The van der Waals surface area contributed by atoms with Crippen molar-refractivity contribution in [2.24, 2.45) is 0 Å². The fraction of sp³-hybridized carbons (Fsp3) is 0.143. The predicted molar refractivity (Wildman–Crippen MR) is 144 cm³/mol. The molecule has 1 N–H and O–H groups in total. The summed E-state index contributed by atoms with van der Waals surface area (Å²) in [5, 5.41) is 5.66. The van der Waals surface area contributed by atoms with E-state index in [1.807, 2.05) is 60.0 Å². The maximum Gasteiger partial charge on any atom is 0.322 e. The second-order valence-corrected chi connectivity index (χ2v) is 9.81. The number of halogens is 2. The number of nitrogens with zero attached hydrogens (tertiary/aromatic N) is 3. The van der Waals surface area contributed by atoms with Crippen molar-refractivity contribution < 1.29 is 9.18 Å². The minimum atomic E-state index is -0.273. The van der Waals surface area contributed by atoms with E-state index in [0.717, 1.165) is 33.0 Å². The Hall–Kier alpha value is -3.68. The lowest BCUT2D eigenvalue weighted by Gasteiger charge is -2.23. The Morgan fingerprint density at radius 2 is 1.89 bits per heavy atom. The Labute approximate surface area is 217 Å². The maximum atomic E-state index is 13.3. The number of fused-ring (bicyclic) bond motifs is 1. The molecule has 0 fully saturated rings. The third-order valence-electron chi connectivity index (χ3n) is 5.99. The van der Waals surface area contributed by atoms with Crippen LogP contribution < -0.4 is 5.32 Å². The summed E-state index contributed by atoms with van der Waals surface area (Å²) in [7, 11) is 0. The fourth-order valence-corrected chi connectivity index (χ4v) is 5.04. The van der Waals surface area contributed by atoms with Crippen molar-refractivity contribution in [1.82, 2.24) is 14.3 Å². The van der Waals surface area contributed by atoms with Gasteiger partial charge in [0.05, 0.1) is 5.69 Å². The largest absolute Gasteiger partial charge is 0.322 e. The standard InChI is InChI=1S/C28H24ClFN4OS/c1-19-7-12-23(15-25(19)29)31-27(35)33(16-20-5-3-2-4-6-20)14-13-24-18-36-28-32-26(17-34(24)28)21-8-10-22(30)11-9-21/h2-12,15,17-18H,13-14,16H2,1H3,(H,31,35).